The van der Waals surface area contributed by atoms with Gasteiger partial charge >= 0.3 is 6.18 Å². The fourth-order valence-electron chi connectivity index (χ4n) is 3.48. The summed E-state index contributed by atoms with van der Waals surface area (Å²) in [5.41, 5.74) is 3.97. The molecular weight excluding hydrogens is 456 g/mol. The highest BCUT2D eigenvalue weighted by Gasteiger charge is 2.31. The summed E-state index contributed by atoms with van der Waals surface area (Å²) in [5.74, 6) is -0.352. The maximum absolute atomic E-state index is 14.1. The summed E-state index contributed by atoms with van der Waals surface area (Å²) in [6, 6.07) is 9.97. The molecule has 0 amide bonds. The predicted octanol–water partition coefficient (Wildman–Crippen LogP) is 6.75. The topological polar surface area (TPSA) is 54.5 Å². The van der Waals surface area contributed by atoms with Crippen LogP contribution in [-0.4, -0.2) is 19.9 Å². The van der Waals surface area contributed by atoms with Crippen LogP contribution < -0.4 is 0 Å². The Morgan fingerprint density at radius 2 is 1.70 bits per heavy atom. The Labute approximate surface area is 192 Å². The molecule has 1 aromatic carbocycles. The standard InChI is InChI=1S/C24H19ClF4N4/c1-13-9-16(21-22(25)33-23(32-21)17-4-3-14(2)30-11-17)6-5-15(13)7-8-20-19(26)10-18(12-31-20)24(27,28)29/h3-6,9-12H,7-8H2,1-2H3,(H,32,33). The lowest BCUT2D eigenvalue weighted by atomic mass is 9.99. The van der Waals surface area contributed by atoms with Gasteiger partial charge in [0.05, 0.1) is 17.0 Å². The number of aryl methyl sites for hydroxylation is 4. The van der Waals surface area contributed by atoms with E-state index in [4.69, 9.17) is 11.6 Å². The van der Waals surface area contributed by atoms with Crippen LogP contribution in [0.5, 0.6) is 0 Å². The zero-order valence-corrected chi connectivity index (χ0v) is 18.5. The maximum Gasteiger partial charge on any atom is 0.417 e. The molecule has 170 valence electrons. The first kappa shape index (κ1) is 22.9. The molecule has 0 aliphatic carbocycles. The van der Waals surface area contributed by atoms with Gasteiger partial charge in [-0.15, -0.1) is 0 Å². The molecule has 0 aliphatic heterocycles. The van der Waals surface area contributed by atoms with Crippen LogP contribution in [0.3, 0.4) is 0 Å². The molecule has 0 radical (unpaired) electrons. The van der Waals surface area contributed by atoms with E-state index < -0.39 is 17.6 Å². The lowest BCUT2D eigenvalue weighted by molar-refractivity contribution is -0.138. The van der Waals surface area contributed by atoms with Crippen molar-refractivity contribution in [2.24, 2.45) is 0 Å². The minimum Gasteiger partial charge on any atom is -0.337 e. The molecular formula is C24H19ClF4N4. The molecule has 4 rings (SSSR count). The Morgan fingerprint density at radius 3 is 2.33 bits per heavy atom. The number of hydrogen-bond donors (Lipinski definition) is 1. The van der Waals surface area contributed by atoms with Crippen LogP contribution in [0.15, 0.2) is 48.8 Å². The van der Waals surface area contributed by atoms with Gasteiger partial charge < -0.3 is 4.98 Å². The number of benzene rings is 1. The fourth-order valence-corrected chi connectivity index (χ4v) is 3.72. The predicted molar refractivity (Wildman–Crippen MR) is 118 cm³/mol. The lowest BCUT2D eigenvalue weighted by Crippen LogP contribution is -2.08. The van der Waals surface area contributed by atoms with E-state index >= 15 is 0 Å². The van der Waals surface area contributed by atoms with Crippen LogP contribution in [0.4, 0.5) is 17.6 Å². The Hall–Kier alpha value is -3.26. The third kappa shape index (κ3) is 5.06. The Bertz CT molecular complexity index is 1300. The molecule has 0 saturated heterocycles. The van der Waals surface area contributed by atoms with Gasteiger partial charge in [0.15, 0.2) is 5.15 Å². The van der Waals surface area contributed by atoms with Gasteiger partial charge in [0.2, 0.25) is 0 Å². The Balaban J connectivity index is 1.52. The van der Waals surface area contributed by atoms with Gasteiger partial charge in [0.1, 0.15) is 11.6 Å². The minimum atomic E-state index is -4.62. The van der Waals surface area contributed by atoms with E-state index in [2.05, 4.69) is 19.9 Å². The average molecular weight is 475 g/mol. The van der Waals surface area contributed by atoms with Crippen molar-refractivity contribution >= 4 is 11.6 Å². The molecule has 9 heteroatoms. The number of rotatable bonds is 5. The number of nitrogens with zero attached hydrogens (tertiary/aromatic N) is 3. The molecule has 0 fully saturated rings. The summed E-state index contributed by atoms with van der Waals surface area (Å²) in [7, 11) is 0. The van der Waals surface area contributed by atoms with E-state index in [0.717, 1.165) is 27.9 Å². The van der Waals surface area contributed by atoms with E-state index in [-0.39, 0.29) is 12.1 Å². The molecule has 0 saturated carbocycles. The monoisotopic (exact) mass is 474 g/mol. The number of halogens is 5. The summed E-state index contributed by atoms with van der Waals surface area (Å²) in [4.78, 5) is 15.6. The number of nitrogens with one attached hydrogen (secondary N) is 1. The quantitative estimate of drug-likeness (QED) is 0.326. The van der Waals surface area contributed by atoms with Gasteiger partial charge in [-0.1, -0.05) is 23.7 Å². The number of H-pyrrole nitrogens is 1. The Morgan fingerprint density at radius 1 is 0.939 bits per heavy atom. The van der Waals surface area contributed by atoms with Gasteiger partial charge in [0.25, 0.3) is 0 Å². The van der Waals surface area contributed by atoms with Crippen LogP contribution in [-0.2, 0) is 19.0 Å². The second kappa shape index (κ2) is 8.94. The zero-order valence-electron chi connectivity index (χ0n) is 17.8. The first-order chi connectivity index (χ1) is 15.6. The van der Waals surface area contributed by atoms with Crippen LogP contribution in [0.2, 0.25) is 5.15 Å². The molecule has 3 heterocycles. The lowest BCUT2D eigenvalue weighted by Gasteiger charge is -2.10. The summed E-state index contributed by atoms with van der Waals surface area (Å²) >= 11 is 6.36. The van der Waals surface area contributed by atoms with Crippen molar-refractivity contribution in [2.45, 2.75) is 32.9 Å². The molecule has 1 N–H and O–H groups in total. The first-order valence-corrected chi connectivity index (χ1v) is 10.5. The van der Waals surface area contributed by atoms with Crippen LogP contribution in [0, 0.1) is 19.7 Å². The van der Waals surface area contributed by atoms with Crippen molar-refractivity contribution in [1.29, 1.82) is 0 Å². The van der Waals surface area contributed by atoms with E-state index in [1.165, 1.54) is 0 Å². The number of aromatic amines is 1. The second-order valence-corrected chi connectivity index (χ2v) is 8.09. The zero-order chi connectivity index (χ0) is 23.8. The summed E-state index contributed by atoms with van der Waals surface area (Å²) in [5, 5.41) is 0.328. The highest BCUT2D eigenvalue weighted by Crippen LogP contribution is 2.31. The van der Waals surface area contributed by atoms with Crippen molar-refractivity contribution in [3.05, 3.63) is 87.8 Å². The molecule has 0 unspecified atom stereocenters. The smallest absolute Gasteiger partial charge is 0.337 e. The third-order valence-corrected chi connectivity index (χ3v) is 5.63. The molecule has 33 heavy (non-hydrogen) atoms. The van der Waals surface area contributed by atoms with E-state index in [1.807, 2.05) is 44.2 Å². The maximum atomic E-state index is 14.1. The van der Waals surface area contributed by atoms with Crippen molar-refractivity contribution in [2.75, 3.05) is 0 Å². The molecule has 0 atom stereocenters. The number of pyridine rings is 2. The van der Waals surface area contributed by atoms with E-state index in [1.54, 1.807) is 6.20 Å². The van der Waals surface area contributed by atoms with Crippen molar-refractivity contribution in [3.63, 3.8) is 0 Å². The normalized spacial score (nSPS) is 11.7. The van der Waals surface area contributed by atoms with Crippen LogP contribution in [0.1, 0.15) is 28.1 Å². The van der Waals surface area contributed by atoms with Gasteiger partial charge in [0, 0.05) is 29.2 Å². The molecule has 4 aromatic rings. The van der Waals surface area contributed by atoms with Gasteiger partial charge in [-0.3, -0.25) is 9.97 Å². The SMILES string of the molecule is Cc1ccc(-c2nc(Cl)c(-c3ccc(CCc4ncc(C(F)(F)F)cc4F)c(C)c3)[nH]2)cn1. The largest absolute Gasteiger partial charge is 0.417 e. The number of alkyl halides is 3. The van der Waals surface area contributed by atoms with Crippen LogP contribution >= 0.6 is 11.6 Å². The average Bonchev–Trinajstić information content (AvgIpc) is 3.15. The minimum absolute atomic E-state index is 0.000520. The molecule has 0 spiro atoms. The second-order valence-electron chi connectivity index (χ2n) is 7.73. The highest BCUT2D eigenvalue weighted by molar-refractivity contribution is 6.32. The van der Waals surface area contributed by atoms with E-state index in [0.29, 0.717) is 35.4 Å². The first-order valence-electron chi connectivity index (χ1n) is 10.1. The summed E-state index contributed by atoms with van der Waals surface area (Å²) < 4.78 is 52.2. The molecule has 0 bridgehead atoms. The molecule has 0 aliphatic rings. The van der Waals surface area contributed by atoms with Gasteiger partial charge in [-0.2, -0.15) is 13.2 Å². The summed E-state index contributed by atoms with van der Waals surface area (Å²) in [6.45, 7) is 3.81. The van der Waals surface area contributed by atoms with Gasteiger partial charge in [-0.25, -0.2) is 9.37 Å². The highest BCUT2D eigenvalue weighted by atomic mass is 35.5. The molecule has 3 aromatic heterocycles. The van der Waals surface area contributed by atoms with Crippen molar-refractivity contribution < 1.29 is 17.6 Å². The Kier molecular flexibility index (Phi) is 6.21. The number of hydrogen-bond acceptors (Lipinski definition) is 3. The number of aromatic nitrogens is 4. The fraction of sp³-hybridized carbons (Fsp3) is 0.208. The van der Waals surface area contributed by atoms with Crippen molar-refractivity contribution in [3.8, 4) is 22.6 Å². The van der Waals surface area contributed by atoms with Crippen LogP contribution in [0.25, 0.3) is 22.6 Å². The van der Waals surface area contributed by atoms with Crippen molar-refractivity contribution in [1.82, 2.24) is 19.9 Å². The van der Waals surface area contributed by atoms with E-state index in [9.17, 15) is 17.6 Å². The molecule has 4 nitrogen and oxygen atoms in total. The summed E-state index contributed by atoms with van der Waals surface area (Å²) in [6.07, 6.45) is -1.63. The third-order valence-electron chi connectivity index (χ3n) is 5.35. The number of imidazole rings is 1. The van der Waals surface area contributed by atoms with Gasteiger partial charge in [-0.05, 0) is 62.1 Å².